The fourth-order valence-electron chi connectivity index (χ4n) is 2.90. The van der Waals surface area contributed by atoms with Crippen LogP contribution in [0.15, 0.2) is 47.4 Å². The molecule has 1 fully saturated rings. The fraction of sp³-hybridized carbons (Fsp3) is 0.350. The molecule has 2 N–H and O–H groups in total. The number of anilines is 1. The van der Waals surface area contributed by atoms with Crippen molar-refractivity contribution in [2.45, 2.75) is 37.7 Å². The summed E-state index contributed by atoms with van der Waals surface area (Å²) in [6.07, 6.45) is 1.75. The van der Waals surface area contributed by atoms with Crippen molar-refractivity contribution in [2.75, 3.05) is 18.5 Å². The molecule has 27 heavy (non-hydrogen) atoms. The van der Waals surface area contributed by atoms with Crippen LogP contribution in [0.25, 0.3) is 0 Å². The minimum absolute atomic E-state index is 0.0669. The van der Waals surface area contributed by atoms with Crippen LogP contribution >= 0.6 is 0 Å². The minimum atomic E-state index is -3.62. The lowest BCUT2D eigenvalue weighted by molar-refractivity contribution is 0.102. The Morgan fingerprint density at radius 1 is 1.11 bits per heavy atom. The number of nitrogens with one attached hydrogen (secondary N) is 2. The summed E-state index contributed by atoms with van der Waals surface area (Å²) >= 11 is 0. The molecule has 0 aromatic heterocycles. The van der Waals surface area contributed by atoms with Gasteiger partial charge in [-0.05, 0) is 74.2 Å². The van der Waals surface area contributed by atoms with Crippen LogP contribution in [0.5, 0.6) is 0 Å². The Labute approximate surface area is 160 Å². The van der Waals surface area contributed by atoms with E-state index in [9.17, 15) is 13.2 Å². The molecule has 3 rings (SSSR count). The number of sulfonamides is 1. The average molecular weight is 388 g/mol. The van der Waals surface area contributed by atoms with Gasteiger partial charge in [0.15, 0.2) is 0 Å². The molecular weight excluding hydrogens is 364 g/mol. The van der Waals surface area contributed by atoms with Gasteiger partial charge < -0.3 is 10.1 Å². The molecule has 0 saturated carbocycles. The molecule has 7 heteroatoms. The van der Waals surface area contributed by atoms with Crippen molar-refractivity contribution >= 4 is 21.6 Å². The molecule has 144 valence electrons. The van der Waals surface area contributed by atoms with Crippen LogP contribution in [-0.4, -0.2) is 33.6 Å². The molecule has 1 aliphatic heterocycles. The molecule has 1 aliphatic rings. The number of ether oxygens (including phenoxy) is 1. The van der Waals surface area contributed by atoms with E-state index in [1.807, 2.05) is 32.0 Å². The number of carbonyl (C=O) groups is 1. The Morgan fingerprint density at radius 2 is 1.85 bits per heavy atom. The van der Waals surface area contributed by atoms with Crippen molar-refractivity contribution in [1.29, 1.82) is 0 Å². The molecule has 2 aromatic rings. The lowest BCUT2D eigenvalue weighted by atomic mass is 10.1. The highest BCUT2D eigenvalue weighted by atomic mass is 32.2. The number of hydrogen-bond acceptors (Lipinski definition) is 4. The third kappa shape index (κ3) is 4.94. The van der Waals surface area contributed by atoms with E-state index in [0.29, 0.717) is 17.9 Å². The van der Waals surface area contributed by atoms with Gasteiger partial charge >= 0.3 is 0 Å². The molecule has 6 nitrogen and oxygen atoms in total. The molecule has 0 unspecified atom stereocenters. The van der Waals surface area contributed by atoms with Gasteiger partial charge in [0, 0.05) is 24.4 Å². The summed E-state index contributed by atoms with van der Waals surface area (Å²) < 4.78 is 32.7. The second-order valence-electron chi connectivity index (χ2n) is 6.76. The van der Waals surface area contributed by atoms with E-state index in [0.717, 1.165) is 24.0 Å². The number of hydrogen-bond donors (Lipinski definition) is 2. The van der Waals surface area contributed by atoms with E-state index >= 15 is 0 Å². The van der Waals surface area contributed by atoms with Crippen LogP contribution in [0.3, 0.4) is 0 Å². The molecule has 1 saturated heterocycles. The van der Waals surface area contributed by atoms with Gasteiger partial charge in [-0.25, -0.2) is 13.1 Å². The van der Waals surface area contributed by atoms with Crippen molar-refractivity contribution in [3.05, 3.63) is 59.2 Å². The minimum Gasteiger partial charge on any atom is -0.377 e. The summed E-state index contributed by atoms with van der Waals surface area (Å²) in [6.45, 7) is 4.93. The zero-order valence-corrected chi connectivity index (χ0v) is 16.3. The van der Waals surface area contributed by atoms with Crippen LogP contribution in [0, 0.1) is 13.8 Å². The number of aryl methyl sites for hydroxylation is 2. The van der Waals surface area contributed by atoms with E-state index in [1.165, 1.54) is 24.3 Å². The van der Waals surface area contributed by atoms with Crippen molar-refractivity contribution in [3.63, 3.8) is 0 Å². The van der Waals surface area contributed by atoms with Crippen molar-refractivity contribution in [3.8, 4) is 0 Å². The number of benzene rings is 2. The van der Waals surface area contributed by atoms with Crippen LogP contribution in [0.1, 0.15) is 34.3 Å². The molecule has 0 radical (unpaired) electrons. The van der Waals surface area contributed by atoms with Gasteiger partial charge in [0.1, 0.15) is 0 Å². The predicted octanol–water partition coefficient (Wildman–Crippen LogP) is 3.01. The standard InChI is InChI=1S/C20H24N2O4S/c1-14-5-8-17(12-15(14)2)22-20(23)16-6-9-19(10-7-16)27(24,25)21-13-18-4-3-11-26-18/h5-10,12,18,21H,3-4,11,13H2,1-2H3,(H,22,23)/t18-/m0/s1. The average Bonchev–Trinajstić information content (AvgIpc) is 3.17. The fourth-order valence-corrected chi connectivity index (χ4v) is 3.97. The zero-order chi connectivity index (χ0) is 19.4. The Balaban J connectivity index is 1.64. The molecule has 0 spiro atoms. The smallest absolute Gasteiger partial charge is 0.255 e. The predicted molar refractivity (Wildman–Crippen MR) is 104 cm³/mol. The molecule has 1 atom stereocenters. The quantitative estimate of drug-likeness (QED) is 0.797. The van der Waals surface area contributed by atoms with Crippen molar-refractivity contribution in [1.82, 2.24) is 4.72 Å². The summed E-state index contributed by atoms with van der Waals surface area (Å²) in [5.74, 6) is -0.283. The highest BCUT2D eigenvalue weighted by molar-refractivity contribution is 7.89. The maximum absolute atomic E-state index is 12.4. The third-order valence-corrected chi connectivity index (χ3v) is 6.16. The van der Waals surface area contributed by atoms with Gasteiger partial charge in [-0.15, -0.1) is 0 Å². The van der Waals surface area contributed by atoms with Gasteiger partial charge in [-0.2, -0.15) is 0 Å². The Hall–Kier alpha value is -2.22. The first-order valence-electron chi connectivity index (χ1n) is 8.95. The van der Waals surface area contributed by atoms with Crippen molar-refractivity contribution in [2.24, 2.45) is 0 Å². The summed E-state index contributed by atoms with van der Waals surface area (Å²) in [5.41, 5.74) is 3.34. The maximum Gasteiger partial charge on any atom is 0.255 e. The van der Waals surface area contributed by atoms with Gasteiger partial charge in [0.25, 0.3) is 5.91 Å². The summed E-state index contributed by atoms with van der Waals surface area (Å²) in [6, 6.07) is 11.6. The Kier molecular flexibility index (Phi) is 5.94. The van der Waals surface area contributed by atoms with Gasteiger partial charge in [0.05, 0.1) is 11.0 Å². The summed E-state index contributed by atoms with van der Waals surface area (Å²) in [7, 11) is -3.62. The van der Waals surface area contributed by atoms with Crippen LogP contribution in [0.2, 0.25) is 0 Å². The first-order valence-corrected chi connectivity index (χ1v) is 10.4. The molecule has 1 amide bonds. The zero-order valence-electron chi connectivity index (χ0n) is 15.5. The first-order chi connectivity index (χ1) is 12.8. The van der Waals surface area contributed by atoms with Crippen LogP contribution < -0.4 is 10.0 Å². The number of carbonyl (C=O) groups excluding carboxylic acids is 1. The molecule has 0 aliphatic carbocycles. The van der Waals surface area contributed by atoms with E-state index in [4.69, 9.17) is 4.74 Å². The highest BCUT2D eigenvalue weighted by Gasteiger charge is 2.20. The SMILES string of the molecule is Cc1ccc(NC(=O)c2ccc(S(=O)(=O)NC[C@@H]3CCCO3)cc2)cc1C. The lowest BCUT2D eigenvalue weighted by Gasteiger charge is -2.12. The monoisotopic (exact) mass is 388 g/mol. The molecule has 2 aromatic carbocycles. The van der Waals surface area contributed by atoms with Crippen LogP contribution in [0.4, 0.5) is 5.69 Å². The number of amides is 1. The van der Waals surface area contributed by atoms with Gasteiger partial charge in [-0.1, -0.05) is 6.07 Å². The normalized spacial score (nSPS) is 17.0. The topological polar surface area (TPSA) is 84.5 Å². The van der Waals surface area contributed by atoms with E-state index in [1.54, 1.807) is 0 Å². The Morgan fingerprint density at radius 3 is 2.48 bits per heavy atom. The van der Waals surface area contributed by atoms with E-state index < -0.39 is 10.0 Å². The Bertz CT molecular complexity index is 917. The van der Waals surface area contributed by atoms with Gasteiger partial charge in [0.2, 0.25) is 10.0 Å². The lowest BCUT2D eigenvalue weighted by Crippen LogP contribution is -2.31. The molecule has 1 heterocycles. The van der Waals surface area contributed by atoms with Gasteiger partial charge in [-0.3, -0.25) is 4.79 Å². The maximum atomic E-state index is 12.4. The number of rotatable bonds is 6. The highest BCUT2D eigenvalue weighted by Crippen LogP contribution is 2.17. The van der Waals surface area contributed by atoms with Crippen molar-refractivity contribution < 1.29 is 17.9 Å². The molecular formula is C20H24N2O4S. The van der Waals surface area contributed by atoms with E-state index in [-0.39, 0.29) is 23.5 Å². The second kappa shape index (κ2) is 8.21. The first kappa shape index (κ1) is 19.5. The van der Waals surface area contributed by atoms with Crippen LogP contribution in [-0.2, 0) is 14.8 Å². The second-order valence-corrected chi connectivity index (χ2v) is 8.53. The molecule has 0 bridgehead atoms. The third-order valence-electron chi connectivity index (χ3n) is 4.72. The summed E-state index contributed by atoms with van der Waals surface area (Å²) in [5, 5.41) is 2.83. The van der Waals surface area contributed by atoms with E-state index in [2.05, 4.69) is 10.0 Å². The summed E-state index contributed by atoms with van der Waals surface area (Å²) in [4.78, 5) is 12.5. The largest absolute Gasteiger partial charge is 0.377 e.